The van der Waals surface area contributed by atoms with E-state index in [0.717, 1.165) is 22.6 Å². The Bertz CT molecular complexity index is 1810. The molecular weight excluding hydrogens is 572 g/mol. The van der Waals surface area contributed by atoms with Crippen LogP contribution in [0.25, 0.3) is 22.0 Å². The number of benzene rings is 2. The summed E-state index contributed by atoms with van der Waals surface area (Å²) in [5.74, 6) is -2.12. The lowest BCUT2D eigenvalue weighted by Crippen LogP contribution is -2.48. The summed E-state index contributed by atoms with van der Waals surface area (Å²) >= 11 is 0. The molecule has 1 saturated heterocycles. The minimum Gasteiger partial charge on any atom is -0.364 e. The summed E-state index contributed by atoms with van der Waals surface area (Å²) in [6.45, 7) is -0.835. The molecule has 4 heterocycles. The number of hydrogen-bond donors (Lipinski definition) is 2. The number of primary amides is 1. The van der Waals surface area contributed by atoms with E-state index in [0.29, 0.717) is 22.0 Å². The molecule has 2 atom stereocenters. The number of aliphatic imine (C=N–C) groups is 1. The zero-order chi connectivity index (χ0) is 30.5. The number of carbonyl (C=O) groups is 3. The van der Waals surface area contributed by atoms with E-state index in [-0.39, 0.29) is 36.6 Å². The van der Waals surface area contributed by atoms with Gasteiger partial charge in [0.05, 0.1) is 36.6 Å². The Balaban J connectivity index is 1.22. The molecule has 0 spiro atoms. The fourth-order valence-corrected chi connectivity index (χ4v) is 5.34. The largest absolute Gasteiger partial charge is 0.416 e. The Morgan fingerprint density at radius 3 is 2.58 bits per heavy atom. The molecule has 15 heteroatoms. The van der Waals surface area contributed by atoms with Crippen molar-refractivity contribution in [3.05, 3.63) is 77.2 Å². The smallest absolute Gasteiger partial charge is 0.364 e. The quantitative estimate of drug-likeness (QED) is 0.340. The van der Waals surface area contributed by atoms with Gasteiger partial charge in [0, 0.05) is 22.9 Å². The summed E-state index contributed by atoms with van der Waals surface area (Å²) in [7, 11) is 0. The Morgan fingerprint density at radius 1 is 1.05 bits per heavy atom. The van der Waals surface area contributed by atoms with Crippen molar-refractivity contribution < 1.29 is 31.9 Å². The van der Waals surface area contributed by atoms with Crippen molar-refractivity contribution in [2.75, 3.05) is 6.54 Å². The van der Waals surface area contributed by atoms with Crippen molar-refractivity contribution in [2.45, 2.75) is 37.9 Å². The highest BCUT2D eigenvalue weighted by Gasteiger charge is 2.41. The fourth-order valence-electron chi connectivity index (χ4n) is 5.34. The number of amides is 3. The number of likely N-dealkylation sites (tertiary alicyclic amines) is 1. The van der Waals surface area contributed by atoms with Crippen LogP contribution in [-0.4, -0.2) is 67.2 Å². The van der Waals surface area contributed by atoms with Gasteiger partial charge in [0.25, 0.3) is 5.91 Å². The molecule has 0 aliphatic carbocycles. The van der Waals surface area contributed by atoms with Gasteiger partial charge < -0.3 is 16.0 Å². The molecule has 2 aromatic carbocycles. The average Bonchev–Trinajstić information content (AvgIpc) is 3.68. The molecular formula is C28H22F4N8O3. The first-order valence-corrected chi connectivity index (χ1v) is 13.1. The molecule has 3 N–H and O–H groups in total. The highest BCUT2D eigenvalue weighted by atomic mass is 19.4. The number of hydrogen-bond acceptors (Lipinski definition) is 7. The lowest BCUT2D eigenvalue weighted by atomic mass is 10.0. The van der Waals surface area contributed by atoms with E-state index in [1.54, 1.807) is 30.5 Å². The van der Waals surface area contributed by atoms with Gasteiger partial charge in [-0.2, -0.15) is 28.5 Å². The van der Waals surface area contributed by atoms with Crippen LogP contribution in [0, 0.1) is 0 Å². The van der Waals surface area contributed by atoms with Crippen LogP contribution in [0.3, 0.4) is 0 Å². The number of carbonyl (C=O) groups excluding carboxylic acids is 3. The van der Waals surface area contributed by atoms with Gasteiger partial charge in [-0.15, -0.1) is 0 Å². The predicted octanol–water partition coefficient (Wildman–Crippen LogP) is 2.63. The van der Waals surface area contributed by atoms with Gasteiger partial charge in [-0.25, -0.2) is 4.39 Å². The maximum Gasteiger partial charge on any atom is 0.416 e. The summed E-state index contributed by atoms with van der Waals surface area (Å²) in [5.41, 5.74) is 7.10. The lowest BCUT2D eigenvalue weighted by molar-refractivity contribution is -0.138. The van der Waals surface area contributed by atoms with Gasteiger partial charge in [0.2, 0.25) is 11.8 Å². The van der Waals surface area contributed by atoms with E-state index in [9.17, 15) is 31.9 Å². The Labute approximate surface area is 240 Å². The summed E-state index contributed by atoms with van der Waals surface area (Å²) in [4.78, 5) is 44.0. The zero-order valence-electron chi connectivity index (χ0n) is 22.2. The SMILES string of the molecule is NC(=O)c1nn(CC(=O)N2CC(F)CC2C(=O)NC2=NCc3cc(C(F)(F)F)ccc32)c2ccc(-c3ccnnc3)cc12. The molecule has 4 aromatic rings. The van der Waals surface area contributed by atoms with Gasteiger partial charge in [0.15, 0.2) is 5.69 Å². The monoisotopic (exact) mass is 594 g/mol. The third-order valence-electron chi connectivity index (χ3n) is 7.40. The van der Waals surface area contributed by atoms with Crippen molar-refractivity contribution in [3.8, 4) is 11.1 Å². The molecule has 0 radical (unpaired) electrons. The van der Waals surface area contributed by atoms with Gasteiger partial charge in [-0.1, -0.05) is 12.1 Å². The van der Waals surface area contributed by atoms with Crippen LogP contribution >= 0.6 is 0 Å². The fraction of sp³-hybridized carbons (Fsp3) is 0.250. The molecule has 6 rings (SSSR count). The molecule has 0 saturated carbocycles. The van der Waals surface area contributed by atoms with Crippen molar-refractivity contribution in [1.29, 1.82) is 0 Å². The number of nitrogens with two attached hydrogens (primary N) is 1. The summed E-state index contributed by atoms with van der Waals surface area (Å²) in [6, 6.07) is 8.68. The number of rotatable bonds is 5. The van der Waals surface area contributed by atoms with Crippen molar-refractivity contribution in [1.82, 2.24) is 30.2 Å². The molecule has 11 nitrogen and oxygen atoms in total. The maximum atomic E-state index is 14.6. The summed E-state index contributed by atoms with van der Waals surface area (Å²) < 4.78 is 55.1. The first kappa shape index (κ1) is 27.9. The maximum absolute atomic E-state index is 14.6. The van der Waals surface area contributed by atoms with Crippen LogP contribution < -0.4 is 11.1 Å². The third-order valence-corrected chi connectivity index (χ3v) is 7.40. The minimum absolute atomic E-state index is 0.0489. The molecule has 220 valence electrons. The summed E-state index contributed by atoms with van der Waals surface area (Å²) in [6.07, 6.45) is -3.24. The van der Waals surface area contributed by atoms with Crippen LogP contribution in [0.4, 0.5) is 17.6 Å². The number of fused-ring (bicyclic) bond motifs is 2. The van der Waals surface area contributed by atoms with Crippen LogP contribution in [0.5, 0.6) is 0 Å². The van der Waals surface area contributed by atoms with Crippen LogP contribution in [-0.2, 0) is 28.9 Å². The van der Waals surface area contributed by atoms with Gasteiger partial charge in [0.1, 0.15) is 24.6 Å². The van der Waals surface area contributed by atoms with E-state index in [1.165, 1.54) is 16.9 Å². The van der Waals surface area contributed by atoms with Crippen LogP contribution in [0.1, 0.15) is 33.6 Å². The van der Waals surface area contributed by atoms with Gasteiger partial charge >= 0.3 is 6.18 Å². The number of nitrogens with zero attached hydrogens (tertiary/aromatic N) is 6. The number of nitrogens with one attached hydrogen (secondary N) is 1. The minimum atomic E-state index is -4.53. The Hall–Kier alpha value is -5.21. The molecule has 0 bridgehead atoms. The predicted molar refractivity (Wildman–Crippen MR) is 144 cm³/mol. The van der Waals surface area contributed by atoms with Gasteiger partial charge in [-0.05, 0) is 41.5 Å². The molecule has 1 fully saturated rings. The third kappa shape index (κ3) is 5.29. The number of alkyl halides is 4. The van der Waals surface area contributed by atoms with Crippen molar-refractivity contribution in [2.24, 2.45) is 10.7 Å². The molecule has 2 unspecified atom stereocenters. The molecule has 3 amide bonds. The van der Waals surface area contributed by atoms with Gasteiger partial charge in [-0.3, -0.25) is 24.1 Å². The van der Waals surface area contributed by atoms with Crippen molar-refractivity contribution >= 4 is 34.5 Å². The highest BCUT2D eigenvalue weighted by molar-refractivity contribution is 6.11. The lowest BCUT2D eigenvalue weighted by Gasteiger charge is -2.24. The number of aromatic nitrogens is 4. The second kappa shape index (κ2) is 10.6. The van der Waals surface area contributed by atoms with Crippen LogP contribution in [0.15, 0.2) is 59.9 Å². The van der Waals surface area contributed by atoms with Crippen molar-refractivity contribution in [3.63, 3.8) is 0 Å². The molecule has 2 aliphatic heterocycles. The van der Waals surface area contributed by atoms with E-state index in [4.69, 9.17) is 5.73 Å². The van der Waals surface area contributed by atoms with E-state index < -0.39 is 48.2 Å². The Morgan fingerprint density at radius 2 is 1.86 bits per heavy atom. The second-order valence-corrected chi connectivity index (χ2v) is 10.2. The van der Waals surface area contributed by atoms with Crippen LogP contribution in [0.2, 0.25) is 0 Å². The Kier molecular flexibility index (Phi) is 6.86. The second-order valence-electron chi connectivity index (χ2n) is 10.2. The number of amidine groups is 1. The first-order chi connectivity index (χ1) is 20.5. The van der Waals surface area contributed by atoms with E-state index in [2.05, 4.69) is 25.6 Å². The highest BCUT2D eigenvalue weighted by Crippen LogP contribution is 2.32. The van der Waals surface area contributed by atoms with E-state index in [1.807, 2.05) is 0 Å². The van der Waals surface area contributed by atoms with E-state index >= 15 is 0 Å². The summed E-state index contributed by atoms with van der Waals surface area (Å²) in [5, 5.41) is 14.8. The molecule has 2 aliphatic rings. The molecule has 43 heavy (non-hydrogen) atoms. The number of halogens is 4. The standard InChI is InChI=1S/C28H22F4N8O3/c29-18-9-22(27(43)37-26-19-3-2-17(28(30,31)32)7-16(19)10-34-26)39(12-18)23(41)13-40-21-4-1-14(15-5-6-35-36-11-15)8-20(21)24(38-40)25(33)42/h1-8,11,18,22H,9-10,12-13H2,(H2,33,42)(H,34,37,43). The zero-order valence-corrected chi connectivity index (χ0v) is 22.2. The molecule has 2 aromatic heterocycles. The average molecular weight is 595 g/mol. The normalized spacial score (nSPS) is 18.0. The first-order valence-electron chi connectivity index (χ1n) is 13.1. The topological polar surface area (TPSA) is 148 Å².